The lowest BCUT2D eigenvalue weighted by Gasteiger charge is -2.01. The second-order valence-corrected chi connectivity index (χ2v) is 3.75. The van der Waals surface area contributed by atoms with Crippen molar-refractivity contribution in [2.75, 3.05) is 6.79 Å². The molecule has 0 spiro atoms. The molecule has 1 aliphatic rings. The highest BCUT2D eigenvalue weighted by Crippen LogP contribution is 2.32. The van der Waals surface area contributed by atoms with Gasteiger partial charge in [-0.3, -0.25) is 4.99 Å². The maximum atomic E-state index is 5.74. The molecule has 0 amide bonds. The normalized spacial score (nSPS) is 14.2. The zero-order valence-corrected chi connectivity index (χ0v) is 9.40. The third-order valence-electron chi connectivity index (χ3n) is 2.41. The zero-order valence-electron chi connectivity index (χ0n) is 9.40. The monoisotopic (exact) mass is 220 g/mol. The van der Waals surface area contributed by atoms with E-state index in [9.17, 15) is 0 Å². The molecule has 0 bridgehead atoms. The number of nitrogens with zero attached hydrogens (tertiary/aromatic N) is 1. The molecule has 0 saturated carbocycles. The standard InChI is InChI=1S/C12H16N2O2/c1-2-3-12(13)14-7-9-4-5-10-11(6-9)16-8-15-10/h4-6H,2-3,7-8H2,1H3,(H2,13,14). The molecule has 4 heteroatoms. The van der Waals surface area contributed by atoms with E-state index >= 15 is 0 Å². The predicted octanol–water partition coefficient (Wildman–Crippen LogP) is 2.07. The Balaban J connectivity index is 2.03. The van der Waals surface area contributed by atoms with E-state index in [2.05, 4.69) is 11.9 Å². The summed E-state index contributed by atoms with van der Waals surface area (Å²) in [6.45, 7) is 2.99. The first-order valence-corrected chi connectivity index (χ1v) is 5.47. The number of ether oxygens (including phenoxy) is 2. The van der Waals surface area contributed by atoms with Gasteiger partial charge in [-0.05, 0) is 24.1 Å². The van der Waals surface area contributed by atoms with Gasteiger partial charge >= 0.3 is 0 Å². The zero-order chi connectivity index (χ0) is 11.4. The molecule has 4 nitrogen and oxygen atoms in total. The van der Waals surface area contributed by atoms with E-state index in [0.717, 1.165) is 29.9 Å². The minimum absolute atomic E-state index is 0.306. The minimum Gasteiger partial charge on any atom is -0.454 e. The van der Waals surface area contributed by atoms with Gasteiger partial charge in [0.25, 0.3) is 0 Å². The van der Waals surface area contributed by atoms with Crippen LogP contribution in [0.3, 0.4) is 0 Å². The summed E-state index contributed by atoms with van der Waals surface area (Å²) in [4.78, 5) is 4.31. The van der Waals surface area contributed by atoms with Crippen molar-refractivity contribution < 1.29 is 9.47 Å². The van der Waals surface area contributed by atoms with Gasteiger partial charge in [0, 0.05) is 6.42 Å². The van der Waals surface area contributed by atoms with Crippen molar-refractivity contribution in [3.8, 4) is 11.5 Å². The van der Waals surface area contributed by atoms with Crippen molar-refractivity contribution in [1.82, 2.24) is 0 Å². The topological polar surface area (TPSA) is 56.8 Å². The van der Waals surface area contributed by atoms with Crippen molar-refractivity contribution in [2.24, 2.45) is 10.7 Å². The smallest absolute Gasteiger partial charge is 0.231 e. The van der Waals surface area contributed by atoms with E-state index in [4.69, 9.17) is 15.2 Å². The fraction of sp³-hybridized carbons (Fsp3) is 0.417. The Morgan fingerprint density at radius 1 is 1.38 bits per heavy atom. The van der Waals surface area contributed by atoms with Gasteiger partial charge in [0.1, 0.15) is 0 Å². The van der Waals surface area contributed by atoms with Crippen LogP contribution in [0.2, 0.25) is 0 Å². The highest BCUT2D eigenvalue weighted by atomic mass is 16.7. The highest BCUT2D eigenvalue weighted by molar-refractivity contribution is 5.80. The predicted molar refractivity (Wildman–Crippen MR) is 62.8 cm³/mol. The van der Waals surface area contributed by atoms with Crippen molar-refractivity contribution in [1.29, 1.82) is 0 Å². The molecular weight excluding hydrogens is 204 g/mol. The Morgan fingerprint density at radius 3 is 3.00 bits per heavy atom. The lowest BCUT2D eigenvalue weighted by atomic mass is 10.2. The molecule has 0 saturated heterocycles. The van der Waals surface area contributed by atoms with E-state index in [0.29, 0.717) is 19.2 Å². The van der Waals surface area contributed by atoms with Crippen LogP contribution in [0, 0.1) is 0 Å². The molecular formula is C12H16N2O2. The van der Waals surface area contributed by atoms with E-state index in [1.165, 1.54) is 0 Å². The molecule has 1 aliphatic heterocycles. The van der Waals surface area contributed by atoms with Crippen molar-refractivity contribution in [2.45, 2.75) is 26.3 Å². The van der Waals surface area contributed by atoms with E-state index in [-0.39, 0.29) is 0 Å². The van der Waals surface area contributed by atoms with Crippen molar-refractivity contribution >= 4 is 5.84 Å². The molecule has 0 aliphatic carbocycles. The third kappa shape index (κ3) is 2.45. The van der Waals surface area contributed by atoms with Gasteiger partial charge in [-0.1, -0.05) is 13.0 Å². The summed E-state index contributed by atoms with van der Waals surface area (Å²) in [6, 6.07) is 5.84. The molecule has 0 aromatic heterocycles. The molecule has 0 radical (unpaired) electrons. The number of hydrogen-bond donors (Lipinski definition) is 1. The van der Waals surface area contributed by atoms with Gasteiger partial charge in [-0.15, -0.1) is 0 Å². The van der Waals surface area contributed by atoms with Crippen molar-refractivity contribution in [3.05, 3.63) is 23.8 Å². The summed E-state index contributed by atoms with van der Waals surface area (Å²) < 4.78 is 10.5. The Kier molecular flexibility index (Phi) is 3.29. The molecule has 16 heavy (non-hydrogen) atoms. The lowest BCUT2D eigenvalue weighted by Crippen LogP contribution is -2.11. The summed E-state index contributed by atoms with van der Waals surface area (Å²) in [5.74, 6) is 2.30. The first-order chi connectivity index (χ1) is 7.79. The second kappa shape index (κ2) is 4.88. The van der Waals surface area contributed by atoms with Crippen LogP contribution in [0.5, 0.6) is 11.5 Å². The Hall–Kier alpha value is -1.71. The van der Waals surface area contributed by atoms with Crippen LogP contribution >= 0.6 is 0 Å². The number of nitrogens with two attached hydrogens (primary N) is 1. The average molecular weight is 220 g/mol. The summed E-state index contributed by atoms with van der Waals surface area (Å²) >= 11 is 0. The Morgan fingerprint density at radius 2 is 2.19 bits per heavy atom. The van der Waals surface area contributed by atoms with Gasteiger partial charge in [-0.25, -0.2) is 0 Å². The SMILES string of the molecule is CCCC(N)=NCc1ccc2c(c1)OCO2. The molecule has 2 N–H and O–H groups in total. The average Bonchev–Trinajstić information content (AvgIpc) is 2.74. The highest BCUT2D eigenvalue weighted by Gasteiger charge is 2.12. The molecule has 86 valence electrons. The number of amidine groups is 1. The fourth-order valence-electron chi connectivity index (χ4n) is 1.57. The van der Waals surface area contributed by atoms with Gasteiger partial charge < -0.3 is 15.2 Å². The first-order valence-electron chi connectivity index (χ1n) is 5.47. The van der Waals surface area contributed by atoms with Crippen molar-refractivity contribution in [3.63, 3.8) is 0 Å². The van der Waals surface area contributed by atoms with Gasteiger partial charge in [0.15, 0.2) is 11.5 Å². The summed E-state index contributed by atoms with van der Waals surface area (Å²) in [5, 5.41) is 0. The Bertz CT molecular complexity index is 402. The van der Waals surface area contributed by atoms with Gasteiger partial charge in [-0.2, -0.15) is 0 Å². The first kappa shape index (κ1) is 10.8. The van der Waals surface area contributed by atoms with Crippen LogP contribution in [0.25, 0.3) is 0 Å². The van der Waals surface area contributed by atoms with Crippen LogP contribution < -0.4 is 15.2 Å². The lowest BCUT2D eigenvalue weighted by molar-refractivity contribution is 0.174. The van der Waals surface area contributed by atoms with Crippen LogP contribution in [0.1, 0.15) is 25.3 Å². The largest absolute Gasteiger partial charge is 0.454 e. The molecule has 2 rings (SSSR count). The summed E-state index contributed by atoms with van der Waals surface area (Å²) in [7, 11) is 0. The third-order valence-corrected chi connectivity index (χ3v) is 2.41. The van der Waals surface area contributed by atoms with Gasteiger partial charge in [0.05, 0.1) is 12.4 Å². The molecule has 0 fully saturated rings. The second-order valence-electron chi connectivity index (χ2n) is 3.75. The number of fused-ring (bicyclic) bond motifs is 1. The summed E-state index contributed by atoms with van der Waals surface area (Å²) in [5.41, 5.74) is 6.83. The molecule has 1 heterocycles. The molecule has 0 atom stereocenters. The number of rotatable bonds is 4. The van der Waals surface area contributed by atoms with E-state index < -0.39 is 0 Å². The molecule has 1 aromatic carbocycles. The van der Waals surface area contributed by atoms with Crippen LogP contribution in [-0.2, 0) is 6.54 Å². The fourth-order valence-corrected chi connectivity index (χ4v) is 1.57. The minimum atomic E-state index is 0.306. The molecule has 1 aromatic rings. The molecule has 0 unspecified atom stereocenters. The number of aliphatic imine (C=N–C) groups is 1. The van der Waals surface area contributed by atoms with Crippen LogP contribution in [0.15, 0.2) is 23.2 Å². The van der Waals surface area contributed by atoms with Crippen LogP contribution in [0.4, 0.5) is 0 Å². The number of hydrogen-bond acceptors (Lipinski definition) is 3. The van der Waals surface area contributed by atoms with Crippen LogP contribution in [-0.4, -0.2) is 12.6 Å². The van der Waals surface area contributed by atoms with E-state index in [1.54, 1.807) is 0 Å². The van der Waals surface area contributed by atoms with Gasteiger partial charge in [0.2, 0.25) is 6.79 Å². The summed E-state index contributed by atoms with van der Waals surface area (Å²) in [6.07, 6.45) is 1.88. The number of benzene rings is 1. The Labute approximate surface area is 95.1 Å². The quantitative estimate of drug-likeness (QED) is 0.624. The maximum Gasteiger partial charge on any atom is 0.231 e. The maximum absolute atomic E-state index is 5.74. The van der Waals surface area contributed by atoms with E-state index in [1.807, 2.05) is 18.2 Å².